The lowest BCUT2D eigenvalue weighted by Gasteiger charge is -2.04. The van der Waals surface area contributed by atoms with Crippen molar-refractivity contribution in [2.75, 3.05) is 6.54 Å². The Morgan fingerprint density at radius 2 is 2.38 bits per heavy atom. The van der Waals surface area contributed by atoms with Gasteiger partial charge in [-0.15, -0.1) is 0 Å². The van der Waals surface area contributed by atoms with Crippen molar-refractivity contribution >= 4 is 17.7 Å². The van der Waals surface area contributed by atoms with Gasteiger partial charge in [0, 0.05) is 6.54 Å². The Hall–Kier alpha value is -0.110. The minimum atomic E-state index is 0.713. The molecule has 0 saturated carbocycles. The molecular weight excluding hydrogens is 118 g/mol. The number of rotatable bonds is 4. The third kappa shape index (κ3) is 4.06. The summed E-state index contributed by atoms with van der Waals surface area (Å²) in [5.41, 5.74) is 2.47. The Balaban J connectivity index is 2.97. The molecule has 0 rings (SSSR count). The summed E-state index contributed by atoms with van der Waals surface area (Å²) in [6.45, 7) is 5.30. The standard InChI is InChI=1S/C6H12NS/c1-3-6(2)4-7-5-8/h6H,3-4H2,1-2H3,(H,7,8). The maximum Gasteiger partial charge on any atom is 0.134 e. The van der Waals surface area contributed by atoms with Crippen molar-refractivity contribution in [3.63, 3.8) is 0 Å². The molecule has 0 aliphatic rings. The molecule has 47 valence electrons. The molecule has 0 aliphatic carbocycles. The lowest BCUT2D eigenvalue weighted by molar-refractivity contribution is 0.553. The Morgan fingerprint density at radius 3 is 2.75 bits per heavy atom. The van der Waals surface area contributed by atoms with Crippen molar-refractivity contribution in [3.8, 4) is 0 Å². The van der Waals surface area contributed by atoms with Gasteiger partial charge in [0.05, 0.1) is 0 Å². The van der Waals surface area contributed by atoms with E-state index in [1.165, 1.54) is 6.42 Å². The Kier molecular flexibility index (Phi) is 4.97. The Morgan fingerprint density at radius 1 is 1.75 bits per heavy atom. The van der Waals surface area contributed by atoms with Gasteiger partial charge in [0.1, 0.15) is 5.49 Å². The molecule has 1 radical (unpaired) electrons. The van der Waals surface area contributed by atoms with Crippen LogP contribution >= 0.6 is 12.2 Å². The van der Waals surface area contributed by atoms with Crippen LogP contribution in [0.5, 0.6) is 0 Å². The summed E-state index contributed by atoms with van der Waals surface area (Å²) in [5, 5.41) is 2.86. The van der Waals surface area contributed by atoms with Crippen LogP contribution in [-0.4, -0.2) is 12.0 Å². The van der Waals surface area contributed by atoms with Gasteiger partial charge in [-0.25, -0.2) is 0 Å². The minimum Gasteiger partial charge on any atom is -0.374 e. The highest BCUT2D eigenvalue weighted by Crippen LogP contribution is 1.95. The molecule has 0 heterocycles. The van der Waals surface area contributed by atoms with Crippen molar-refractivity contribution in [2.24, 2.45) is 5.92 Å². The molecule has 0 spiro atoms. The molecule has 0 saturated heterocycles. The van der Waals surface area contributed by atoms with E-state index in [9.17, 15) is 0 Å². The summed E-state index contributed by atoms with van der Waals surface area (Å²) in [7, 11) is 0. The lowest BCUT2D eigenvalue weighted by atomic mass is 10.1. The highest BCUT2D eigenvalue weighted by atomic mass is 32.1. The molecular formula is C6H12NS. The van der Waals surface area contributed by atoms with Crippen LogP contribution in [0.25, 0.3) is 0 Å². The predicted octanol–water partition coefficient (Wildman–Crippen LogP) is 1.46. The molecule has 0 aliphatic heterocycles. The fourth-order valence-corrected chi connectivity index (χ4v) is 0.444. The first kappa shape index (κ1) is 7.89. The number of hydrogen-bond acceptors (Lipinski definition) is 1. The SMILES string of the molecule is CCC(C)CN[C]=S. The minimum absolute atomic E-state index is 0.713. The highest BCUT2D eigenvalue weighted by Gasteiger charge is 1.93. The topological polar surface area (TPSA) is 12.0 Å². The van der Waals surface area contributed by atoms with Gasteiger partial charge in [0.2, 0.25) is 0 Å². The third-order valence-corrected chi connectivity index (χ3v) is 1.36. The van der Waals surface area contributed by atoms with Crippen LogP contribution in [0.1, 0.15) is 20.3 Å². The fraction of sp³-hybridized carbons (Fsp3) is 0.833. The fourth-order valence-electron chi connectivity index (χ4n) is 0.360. The average Bonchev–Trinajstić information content (AvgIpc) is 1.83. The predicted molar refractivity (Wildman–Crippen MR) is 40.1 cm³/mol. The molecule has 0 aromatic heterocycles. The zero-order valence-electron chi connectivity index (χ0n) is 5.40. The first-order chi connectivity index (χ1) is 3.81. The summed E-state index contributed by atoms with van der Waals surface area (Å²) in [6.07, 6.45) is 1.20. The van der Waals surface area contributed by atoms with Crippen LogP contribution in [0.4, 0.5) is 0 Å². The van der Waals surface area contributed by atoms with E-state index in [1.54, 1.807) is 0 Å². The number of hydrogen-bond donors (Lipinski definition) is 1. The van der Waals surface area contributed by atoms with E-state index in [4.69, 9.17) is 0 Å². The third-order valence-electron chi connectivity index (χ3n) is 1.22. The quantitative estimate of drug-likeness (QED) is 0.456. The van der Waals surface area contributed by atoms with Gasteiger partial charge in [0.25, 0.3) is 0 Å². The van der Waals surface area contributed by atoms with Gasteiger partial charge in [-0.05, 0) is 5.92 Å². The second-order valence-electron chi connectivity index (χ2n) is 2.00. The number of thiocarbonyl (C=S) groups is 1. The second kappa shape index (κ2) is 5.04. The normalized spacial score (nSPS) is 12.8. The van der Waals surface area contributed by atoms with E-state index in [0.717, 1.165) is 6.54 Å². The van der Waals surface area contributed by atoms with Crippen LogP contribution in [0, 0.1) is 5.92 Å². The first-order valence-electron chi connectivity index (χ1n) is 2.91. The maximum atomic E-state index is 4.46. The van der Waals surface area contributed by atoms with Crippen molar-refractivity contribution in [3.05, 3.63) is 0 Å². The Labute approximate surface area is 56.5 Å². The summed E-state index contributed by atoms with van der Waals surface area (Å²) in [6, 6.07) is 0. The molecule has 1 nitrogen and oxygen atoms in total. The van der Waals surface area contributed by atoms with Gasteiger partial charge in [-0.2, -0.15) is 0 Å². The summed E-state index contributed by atoms with van der Waals surface area (Å²) in [5.74, 6) is 0.713. The smallest absolute Gasteiger partial charge is 0.134 e. The number of nitrogens with one attached hydrogen (secondary N) is 1. The molecule has 1 atom stereocenters. The molecule has 0 fully saturated rings. The van der Waals surface area contributed by atoms with E-state index >= 15 is 0 Å². The molecule has 0 bridgehead atoms. The molecule has 8 heavy (non-hydrogen) atoms. The van der Waals surface area contributed by atoms with Crippen molar-refractivity contribution < 1.29 is 0 Å². The zero-order valence-corrected chi connectivity index (χ0v) is 6.22. The molecule has 0 aromatic carbocycles. The Bertz CT molecular complexity index is 63.5. The summed E-state index contributed by atoms with van der Waals surface area (Å²) in [4.78, 5) is 0. The van der Waals surface area contributed by atoms with Gasteiger partial charge >= 0.3 is 0 Å². The molecule has 2 heteroatoms. The summed E-state index contributed by atoms with van der Waals surface area (Å²) < 4.78 is 0. The van der Waals surface area contributed by atoms with Gasteiger partial charge < -0.3 is 5.32 Å². The van der Waals surface area contributed by atoms with Gasteiger partial charge in [0.15, 0.2) is 0 Å². The van der Waals surface area contributed by atoms with E-state index in [1.807, 2.05) is 0 Å². The van der Waals surface area contributed by atoms with Gasteiger partial charge in [-0.3, -0.25) is 0 Å². The van der Waals surface area contributed by atoms with Crippen molar-refractivity contribution in [1.29, 1.82) is 0 Å². The van der Waals surface area contributed by atoms with Crippen molar-refractivity contribution in [1.82, 2.24) is 5.32 Å². The second-order valence-corrected chi connectivity index (χ2v) is 2.20. The zero-order chi connectivity index (χ0) is 6.41. The highest BCUT2D eigenvalue weighted by molar-refractivity contribution is 7.78. The largest absolute Gasteiger partial charge is 0.374 e. The van der Waals surface area contributed by atoms with E-state index < -0.39 is 0 Å². The van der Waals surface area contributed by atoms with Crippen LogP contribution in [0.3, 0.4) is 0 Å². The molecule has 0 aromatic rings. The van der Waals surface area contributed by atoms with Crippen molar-refractivity contribution in [2.45, 2.75) is 20.3 Å². The van der Waals surface area contributed by atoms with Gasteiger partial charge in [-0.1, -0.05) is 32.5 Å². The van der Waals surface area contributed by atoms with Crippen LogP contribution in [0.15, 0.2) is 0 Å². The summed E-state index contributed by atoms with van der Waals surface area (Å²) >= 11 is 4.46. The lowest BCUT2D eigenvalue weighted by Crippen LogP contribution is -2.17. The molecule has 0 amide bonds. The molecule has 1 unspecified atom stereocenters. The van der Waals surface area contributed by atoms with E-state index in [2.05, 4.69) is 36.9 Å². The van der Waals surface area contributed by atoms with E-state index in [0.29, 0.717) is 5.92 Å². The maximum absolute atomic E-state index is 4.46. The molecule has 1 N–H and O–H groups in total. The van der Waals surface area contributed by atoms with Crippen LogP contribution < -0.4 is 5.32 Å². The van der Waals surface area contributed by atoms with Crippen LogP contribution in [0.2, 0.25) is 0 Å². The first-order valence-corrected chi connectivity index (χ1v) is 3.32. The van der Waals surface area contributed by atoms with E-state index in [-0.39, 0.29) is 0 Å². The average molecular weight is 130 g/mol. The van der Waals surface area contributed by atoms with Crippen LogP contribution in [-0.2, 0) is 0 Å². The monoisotopic (exact) mass is 130 g/mol.